The molecule has 0 fully saturated rings. The zero-order chi connectivity index (χ0) is 3.58. The van der Waals surface area contributed by atoms with Gasteiger partial charge in [-0.3, -0.25) is 0 Å². The van der Waals surface area contributed by atoms with Crippen LogP contribution in [0.15, 0.2) is 0 Å². The fourth-order valence-electron chi connectivity index (χ4n) is 0. The molecule has 0 aliphatic rings. The van der Waals surface area contributed by atoms with Crippen molar-refractivity contribution in [1.29, 1.82) is 0 Å². The van der Waals surface area contributed by atoms with Gasteiger partial charge in [-0.1, -0.05) is 0 Å². The minimum Gasteiger partial charge on any atom is -0.300 e. The Labute approximate surface area is 78.4 Å². The van der Waals surface area contributed by atoms with Crippen molar-refractivity contribution in [3.63, 3.8) is 0 Å². The molecule has 0 rings (SSSR count). The summed E-state index contributed by atoms with van der Waals surface area (Å²) >= 11 is 0. The van der Waals surface area contributed by atoms with E-state index in [-0.39, 0.29) is 59.8 Å². The quantitative estimate of drug-likeness (QED) is 0.568. The van der Waals surface area contributed by atoms with Crippen LogP contribution < -0.4 is 0 Å². The van der Waals surface area contributed by atoms with E-state index >= 15 is 0 Å². The van der Waals surface area contributed by atoms with E-state index < -0.39 is 0 Å². The van der Waals surface area contributed by atoms with Gasteiger partial charge >= 0.3 is 0 Å². The summed E-state index contributed by atoms with van der Waals surface area (Å²) in [4.78, 5) is 9.44. The van der Waals surface area contributed by atoms with E-state index in [1.54, 1.807) is 0 Å². The van der Waals surface area contributed by atoms with E-state index in [0.29, 0.717) is 0 Å². The highest BCUT2D eigenvalue weighted by Gasteiger charge is 1.62. The van der Waals surface area contributed by atoms with Gasteiger partial charge in [0.15, 0.2) is 0 Å². The van der Waals surface area contributed by atoms with Crippen LogP contribution >= 0.6 is 54.0 Å². The Balaban J connectivity index is -0.00000000750. The molecule has 8 heavy (non-hydrogen) atoms. The molecule has 0 aromatic carbocycles. The number of rotatable bonds is 0. The molecule has 0 unspecified atom stereocenters. The Bertz CT molecular complexity index is 34.3. The van der Waals surface area contributed by atoms with Gasteiger partial charge in [-0.25, -0.2) is 0 Å². The molecular weight excluding hydrogens is 180 g/mol. The van der Waals surface area contributed by atoms with Gasteiger partial charge in [0.1, 0.15) is 5.78 Å². The highest BCUT2D eigenvalue weighted by Crippen LogP contribution is 1.50. The van der Waals surface area contributed by atoms with Crippen LogP contribution in [0.4, 0.5) is 0 Å². The number of hydrogen-bond acceptors (Lipinski definition) is 1. The molecule has 0 aliphatic carbocycles. The van der Waals surface area contributed by atoms with Crippen molar-refractivity contribution in [1.82, 2.24) is 0 Å². The highest BCUT2D eigenvalue weighted by atomic mass is 32.1. The third-order valence-electron chi connectivity index (χ3n) is 0. The molecular formula is C3H6OS4. The first-order chi connectivity index (χ1) is 1.73. The van der Waals surface area contributed by atoms with E-state index in [1.165, 1.54) is 13.8 Å². The van der Waals surface area contributed by atoms with E-state index in [1.807, 2.05) is 0 Å². The molecule has 0 heterocycles. The first kappa shape index (κ1) is 35.7. The van der Waals surface area contributed by atoms with Gasteiger partial charge in [0.25, 0.3) is 0 Å². The summed E-state index contributed by atoms with van der Waals surface area (Å²) in [5.41, 5.74) is 0. The van der Waals surface area contributed by atoms with Crippen molar-refractivity contribution < 1.29 is 4.79 Å². The summed E-state index contributed by atoms with van der Waals surface area (Å²) < 4.78 is 0. The van der Waals surface area contributed by atoms with Crippen molar-refractivity contribution in [2.75, 3.05) is 0 Å². The highest BCUT2D eigenvalue weighted by molar-refractivity contribution is 7.59. The summed E-state index contributed by atoms with van der Waals surface area (Å²) in [6, 6.07) is 0. The van der Waals surface area contributed by atoms with Crippen LogP contribution in [-0.2, 0) is 4.79 Å². The third kappa shape index (κ3) is 228. The largest absolute Gasteiger partial charge is 0.300 e. The molecule has 0 bridgehead atoms. The molecule has 1 nitrogen and oxygen atoms in total. The van der Waals surface area contributed by atoms with Gasteiger partial charge < -0.3 is 4.79 Å². The molecule has 0 aromatic rings. The zero-order valence-corrected chi connectivity index (χ0v) is 7.81. The van der Waals surface area contributed by atoms with Crippen LogP contribution in [0.3, 0.4) is 0 Å². The fraction of sp³-hybridized carbons (Fsp3) is 0.667. The lowest BCUT2D eigenvalue weighted by atomic mass is 10.6. The third-order valence-corrected chi connectivity index (χ3v) is 0. The number of ketones is 1. The first-order valence-corrected chi connectivity index (χ1v) is 1.20. The molecule has 0 aliphatic heterocycles. The number of carbonyl (C=O) groups excluding carboxylic acids is 1. The van der Waals surface area contributed by atoms with Crippen molar-refractivity contribution >= 4 is 59.8 Å². The average Bonchev–Trinajstić information content (AvgIpc) is 0.811. The second-order valence-electron chi connectivity index (χ2n) is 0.908. The smallest absolute Gasteiger partial charge is 0.126 e. The Morgan fingerprint density at radius 3 is 0.875 bits per heavy atom. The van der Waals surface area contributed by atoms with Crippen molar-refractivity contribution in [2.24, 2.45) is 0 Å². The Morgan fingerprint density at radius 1 is 0.875 bits per heavy atom. The number of hydrogen-bond donors (Lipinski definition) is 0. The minimum absolute atomic E-state index is 0. The maximum Gasteiger partial charge on any atom is 0.126 e. The summed E-state index contributed by atoms with van der Waals surface area (Å²) in [5, 5.41) is 0. The van der Waals surface area contributed by atoms with Gasteiger partial charge in [-0.05, 0) is 13.8 Å². The maximum atomic E-state index is 9.44. The Morgan fingerprint density at radius 2 is 0.875 bits per heavy atom. The molecule has 0 saturated carbocycles. The molecule has 0 aromatic heterocycles. The molecule has 0 amide bonds. The van der Waals surface area contributed by atoms with Gasteiger partial charge in [-0.2, -0.15) is 0 Å². The molecule has 0 spiro atoms. The SMILES string of the molecule is CC(C)=O.[S].[S].[S].[S]. The first-order valence-electron chi connectivity index (χ1n) is 1.20. The molecule has 0 saturated heterocycles. The van der Waals surface area contributed by atoms with Crippen molar-refractivity contribution in [3.8, 4) is 0 Å². The van der Waals surface area contributed by atoms with Crippen LogP contribution in [0.1, 0.15) is 13.8 Å². The van der Waals surface area contributed by atoms with E-state index in [2.05, 4.69) is 0 Å². The van der Waals surface area contributed by atoms with Crippen molar-refractivity contribution in [2.45, 2.75) is 13.8 Å². The van der Waals surface area contributed by atoms with Crippen LogP contribution in [0.5, 0.6) is 0 Å². The predicted molar refractivity (Wildman–Crippen MR) is 46.7 cm³/mol. The molecule has 0 atom stereocenters. The summed E-state index contributed by atoms with van der Waals surface area (Å²) in [5.74, 6) is 0.167. The Kier molecular flexibility index (Phi) is 109. The van der Waals surface area contributed by atoms with Crippen LogP contribution in [0.2, 0.25) is 0 Å². The second kappa shape index (κ2) is 24.4. The summed E-state index contributed by atoms with van der Waals surface area (Å²) in [7, 11) is 0. The second-order valence-corrected chi connectivity index (χ2v) is 0.908. The Hall–Kier alpha value is 1.07. The molecule has 8 radical (unpaired) electrons. The number of carbonyl (C=O) groups is 1. The van der Waals surface area contributed by atoms with Gasteiger partial charge in [0.05, 0.1) is 0 Å². The molecule has 48 valence electrons. The topological polar surface area (TPSA) is 17.1 Å². The fourth-order valence-corrected chi connectivity index (χ4v) is 0. The zero-order valence-electron chi connectivity index (χ0n) is 4.54. The van der Waals surface area contributed by atoms with Crippen LogP contribution in [0, 0.1) is 0 Å². The van der Waals surface area contributed by atoms with Gasteiger partial charge in [-0.15, -0.1) is 0 Å². The number of Topliss-reactive ketones (excluding diaryl/α,β-unsaturated/α-hetero) is 1. The average molecular weight is 186 g/mol. The summed E-state index contributed by atoms with van der Waals surface area (Å²) in [6.45, 7) is 3.06. The maximum absolute atomic E-state index is 9.44. The van der Waals surface area contributed by atoms with E-state index in [4.69, 9.17) is 0 Å². The predicted octanol–water partition coefficient (Wildman–Crippen LogP) is 3.19. The summed E-state index contributed by atoms with van der Waals surface area (Å²) in [6.07, 6.45) is 0. The monoisotopic (exact) mass is 186 g/mol. The molecule has 0 N–H and O–H groups in total. The molecule has 5 heteroatoms. The normalized spacial score (nSPS) is 3.25. The minimum atomic E-state index is 0. The van der Waals surface area contributed by atoms with E-state index in [0.717, 1.165) is 0 Å². The van der Waals surface area contributed by atoms with Crippen LogP contribution in [-0.4, -0.2) is 5.78 Å². The lowest BCUT2D eigenvalue weighted by Gasteiger charge is -1.56. The van der Waals surface area contributed by atoms with Crippen molar-refractivity contribution in [3.05, 3.63) is 0 Å². The van der Waals surface area contributed by atoms with Gasteiger partial charge in [0, 0.05) is 54.0 Å². The lowest BCUT2D eigenvalue weighted by Crippen LogP contribution is -1.69. The van der Waals surface area contributed by atoms with Gasteiger partial charge in [0.2, 0.25) is 0 Å². The standard InChI is InChI=1S/C3H6O.4S/c1-3(2)4;;;;/h1-2H3;;;;. The lowest BCUT2D eigenvalue weighted by molar-refractivity contribution is -0.114. The van der Waals surface area contributed by atoms with Crippen LogP contribution in [0.25, 0.3) is 0 Å². The van der Waals surface area contributed by atoms with E-state index in [9.17, 15) is 4.79 Å².